The third-order valence-corrected chi connectivity index (χ3v) is 2.94. The molecule has 108 valence electrons. The number of methoxy groups -OCH3 is 1. The van der Waals surface area contributed by atoms with Crippen LogP contribution in [0, 0.1) is 13.8 Å². The van der Waals surface area contributed by atoms with Crippen molar-refractivity contribution in [1.82, 2.24) is 9.88 Å². The van der Waals surface area contributed by atoms with Crippen LogP contribution in [0.15, 0.2) is 6.20 Å². The third kappa shape index (κ3) is 4.40. The molecule has 0 aliphatic heterocycles. The summed E-state index contributed by atoms with van der Waals surface area (Å²) in [6, 6.07) is 0. The molecule has 0 radical (unpaired) electrons. The molecule has 0 aliphatic rings. The van der Waals surface area contributed by atoms with Crippen LogP contribution in [0.25, 0.3) is 0 Å². The lowest BCUT2D eigenvalue weighted by Gasteiger charge is -2.22. The van der Waals surface area contributed by atoms with Gasteiger partial charge in [0.1, 0.15) is 5.75 Å². The molecular weight excluding hydrogens is 254 g/mol. The topological polar surface area (TPSA) is 45.6 Å². The molecule has 0 aliphatic carbocycles. The van der Waals surface area contributed by atoms with E-state index in [1.54, 1.807) is 13.3 Å². The summed E-state index contributed by atoms with van der Waals surface area (Å²) >= 11 is 0. The Hall–Kier alpha value is -1.27. The van der Waals surface area contributed by atoms with Gasteiger partial charge in [-0.25, -0.2) is 8.78 Å². The maximum absolute atomic E-state index is 12.5. The second-order valence-electron chi connectivity index (χ2n) is 4.40. The molecule has 1 heterocycles. The zero-order chi connectivity index (χ0) is 14.4. The summed E-state index contributed by atoms with van der Waals surface area (Å²) in [5.41, 5.74) is 2.45. The number of ether oxygens (including phenoxy) is 1. The van der Waals surface area contributed by atoms with Crippen LogP contribution in [0.1, 0.15) is 16.8 Å². The molecule has 0 fully saturated rings. The van der Waals surface area contributed by atoms with E-state index in [-0.39, 0.29) is 26.2 Å². The van der Waals surface area contributed by atoms with Crippen molar-refractivity contribution in [3.63, 3.8) is 0 Å². The Morgan fingerprint density at radius 3 is 2.63 bits per heavy atom. The summed E-state index contributed by atoms with van der Waals surface area (Å²) in [7, 11) is 1.57. The van der Waals surface area contributed by atoms with Gasteiger partial charge in [0.15, 0.2) is 0 Å². The van der Waals surface area contributed by atoms with Gasteiger partial charge in [0.25, 0.3) is 6.43 Å². The molecule has 6 heteroatoms. The Kier molecular flexibility index (Phi) is 6.11. The predicted molar refractivity (Wildman–Crippen MR) is 68.6 cm³/mol. The first-order valence-corrected chi connectivity index (χ1v) is 6.10. The van der Waals surface area contributed by atoms with Gasteiger partial charge >= 0.3 is 0 Å². The van der Waals surface area contributed by atoms with E-state index in [1.165, 1.54) is 4.90 Å². The van der Waals surface area contributed by atoms with Crippen LogP contribution in [0.4, 0.5) is 8.78 Å². The molecule has 0 bridgehead atoms. The first kappa shape index (κ1) is 15.8. The second kappa shape index (κ2) is 7.35. The highest BCUT2D eigenvalue weighted by molar-refractivity contribution is 5.40. The number of rotatable bonds is 7. The van der Waals surface area contributed by atoms with E-state index in [1.807, 2.05) is 13.8 Å². The van der Waals surface area contributed by atoms with Crippen molar-refractivity contribution in [1.29, 1.82) is 0 Å². The minimum Gasteiger partial charge on any atom is -0.496 e. The van der Waals surface area contributed by atoms with E-state index in [9.17, 15) is 8.78 Å². The molecule has 0 saturated carbocycles. The van der Waals surface area contributed by atoms with Gasteiger partial charge in [0.05, 0.1) is 26.0 Å². The number of hydrogen-bond donors (Lipinski definition) is 1. The highest BCUT2D eigenvalue weighted by Gasteiger charge is 2.16. The van der Waals surface area contributed by atoms with Gasteiger partial charge < -0.3 is 9.84 Å². The fourth-order valence-electron chi connectivity index (χ4n) is 2.01. The number of aliphatic hydroxyl groups excluding tert-OH is 1. The van der Waals surface area contributed by atoms with Gasteiger partial charge in [-0.05, 0) is 13.8 Å². The summed E-state index contributed by atoms with van der Waals surface area (Å²) in [4.78, 5) is 5.75. The molecule has 1 N–H and O–H groups in total. The predicted octanol–water partition coefficient (Wildman–Crippen LogP) is 1.77. The van der Waals surface area contributed by atoms with Crippen LogP contribution in [0.3, 0.4) is 0 Å². The molecule has 1 aromatic rings. The largest absolute Gasteiger partial charge is 0.496 e. The van der Waals surface area contributed by atoms with Crippen LogP contribution < -0.4 is 4.74 Å². The van der Waals surface area contributed by atoms with Crippen molar-refractivity contribution < 1.29 is 18.6 Å². The first-order chi connectivity index (χ1) is 8.99. The summed E-state index contributed by atoms with van der Waals surface area (Å²) in [5, 5.41) is 8.91. The van der Waals surface area contributed by atoms with Crippen LogP contribution in [-0.2, 0) is 6.54 Å². The van der Waals surface area contributed by atoms with Crippen molar-refractivity contribution in [2.75, 3.05) is 26.8 Å². The lowest BCUT2D eigenvalue weighted by molar-refractivity contribution is 0.0739. The second-order valence-corrected chi connectivity index (χ2v) is 4.40. The Morgan fingerprint density at radius 1 is 1.42 bits per heavy atom. The molecular formula is C13H20F2N2O2. The average molecular weight is 274 g/mol. The van der Waals surface area contributed by atoms with Crippen molar-refractivity contribution in [3.05, 3.63) is 23.0 Å². The smallest absolute Gasteiger partial charge is 0.251 e. The van der Waals surface area contributed by atoms with Gasteiger partial charge in [-0.15, -0.1) is 0 Å². The number of aliphatic hydroxyl groups is 1. The van der Waals surface area contributed by atoms with Crippen LogP contribution >= 0.6 is 0 Å². The Labute approximate surface area is 112 Å². The van der Waals surface area contributed by atoms with Crippen LogP contribution in [0.5, 0.6) is 5.75 Å². The van der Waals surface area contributed by atoms with Gasteiger partial charge in [0, 0.05) is 30.4 Å². The van der Waals surface area contributed by atoms with Gasteiger partial charge in [-0.1, -0.05) is 0 Å². The van der Waals surface area contributed by atoms with E-state index in [0.717, 1.165) is 16.9 Å². The van der Waals surface area contributed by atoms with Crippen molar-refractivity contribution in [3.8, 4) is 5.75 Å². The normalized spacial score (nSPS) is 11.4. The van der Waals surface area contributed by atoms with Crippen molar-refractivity contribution in [2.45, 2.75) is 26.8 Å². The SMILES string of the molecule is COc1c(C)cnc(CN(CCO)CC(F)F)c1C. The highest BCUT2D eigenvalue weighted by Crippen LogP contribution is 2.24. The quantitative estimate of drug-likeness (QED) is 0.823. The molecule has 0 unspecified atom stereocenters. The van der Waals surface area contributed by atoms with E-state index in [2.05, 4.69) is 4.98 Å². The molecule has 4 nitrogen and oxygen atoms in total. The van der Waals surface area contributed by atoms with Gasteiger partial charge in [-0.3, -0.25) is 9.88 Å². The van der Waals surface area contributed by atoms with Crippen molar-refractivity contribution >= 4 is 0 Å². The molecule has 0 saturated heterocycles. The summed E-state index contributed by atoms with van der Waals surface area (Å²) < 4.78 is 30.2. The number of halogens is 2. The molecule has 19 heavy (non-hydrogen) atoms. The highest BCUT2D eigenvalue weighted by atomic mass is 19.3. The zero-order valence-electron chi connectivity index (χ0n) is 11.5. The average Bonchev–Trinajstić information content (AvgIpc) is 2.33. The molecule has 1 rings (SSSR count). The maximum Gasteiger partial charge on any atom is 0.251 e. The third-order valence-electron chi connectivity index (χ3n) is 2.94. The number of aromatic nitrogens is 1. The lowest BCUT2D eigenvalue weighted by Crippen LogP contribution is -2.31. The van der Waals surface area contributed by atoms with E-state index in [4.69, 9.17) is 9.84 Å². The zero-order valence-corrected chi connectivity index (χ0v) is 11.5. The minimum absolute atomic E-state index is 0.158. The first-order valence-electron chi connectivity index (χ1n) is 6.10. The lowest BCUT2D eigenvalue weighted by atomic mass is 10.1. The summed E-state index contributed by atoms with van der Waals surface area (Å²) in [5.74, 6) is 0.728. The summed E-state index contributed by atoms with van der Waals surface area (Å²) in [6.07, 6.45) is -0.764. The Morgan fingerprint density at radius 2 is 2.11 bits per heavy atom. The van der Waals surface area contributed by atoms with Crippen LogP contribution in [-0.4, -0.2) is 48.2 Å². The number of aryl methyl sites for hydroxylation is 1. The fraction of sp³-hybridized carbons (Fsp3) is 0.615. The van der Waals surface area contributed by atoms with Crippen LogP contribution in [0.2, 0.25) is 0 Å². The Bertz CT molecular complexity index is 414. The molecule has 0 aromatic carbocycles. The number of hydrogen-bond acceptors (Lipinski definition) is 4. The molecule has 0 amide bonds. The molecule has 1 aromatic heterocycles. The maximum atomic E-state index is 12.5. The van der Waals surface area contributed by atoms with Gasteiger partial charge in [-0.2, -0.15) is 0 Å². The number of alkyl halides is 2. The van der Waals surface area contributed by atoms with E-state index in [0.29, 0.717) is 5.69 Å². The molecule has 0 spiro atoms. The number of nitrogens with zero attached hydrogens (tertiary/aromatic N) is 2. The fourth-order valence-corrected chi connectivity index (χ4v) is 2.01. The van der Waals surface area contributed by atoms with E-state index < -0.39 is 6.43 Å². The standard InChI is InChI=1S/C13H20F2N2O2/c1-9-6-16-11(10(2)13(9)19-3)7-17(4-5-18)8-12(14)15/h6,12,18H,4-5,7-8H2,1-3H3. The van der Waals surface area contributed by atoms with Crippen molar-refractivity contribution in [2.24, 2.45) is 0 Å². The molecule has 0 atom stereocenters. The minimum atomic E-state index is -2.43. The van der Waals surface area contributed by atoms with Gasteiger partial charge in [0.2, 0.25) is 0 Å². The summed E-state index contributed by atoms with van der Waals surface area (Å²) in [6.45, 7) is 3.67. The van der Waals surface area contributed by atoms with E-state index >= 15 is 0 Å². The number of pyridine rings is 1. The monoisotopic (exact) mass is 274 g/mol. The Balaban J connectivity index is 2.90.